The van der Waals surface area contributed by atoms with Crippen LogP contribution < -0.4 is 43.4 Å². The molecule has 0 bridgehead atoms. The number of hydrogen-bond donors (Lipinski definition) is 13. The number of aliphatic hydroxyl groups excluding tert-OH is 3. The Balaban J connectivity index is 3.47. The number of carbonyl (C=O) groups excluding carboxylic acids is 7. The molecule has 0 radical (unpaired) electrons. The van der Waals surface area contributed by atoms with Gasteiger partial charge in [-0.1, -0.05) is 50.6 Å². The van der Waals surface area contributed by atoms with Crippen LogP contribution in [0.5, 0.6) is 0 Å². The summed E-state index contributed by atoms with van der Waals surface area (Å²) in [4.78, 5) is 115. The molecule has 1 aromatic carbocycles. The molecule has 10 atom stereocenters. The van der Waals surface area contributed by atoms with E-state index in [4.69, 9.17) is 16.6 Å². The van der Waals surface area contributed by atoms with Crippen molar-refractivity contribution in [3.8, 4) is 0 Å². The maximum Gasteiger partial charge on any atom is 0.328 e. The van der Waals surface area contributed by atoms with Crippen molar-refractivity contribution in [3.63, 3.8) is 0 Å². The summed E-state index contributed by atoms with van der Waals surface area (Å²) in [5.74, 6) is -11.6. The normalized spacial score (nSPS) is 16.4. The van der Waals surface area contributed by atoms with Gasteiger partial charge in [-0.3, -0.25) is 38.4 Å². The van der Waals surface area contributed by atoms with Crippen molar-refractivity contribution >= 4 is 53.3 Å². The molecule has 1 rings (SSSR count). The largest absolute Gasteiger partial charge is 0.481 e. The van der Waals surface area contributed by atoms with Crippen molar-refractivity contribution in [1.29, 1.82) is 0 Å². The molecule has 0 saturated heterocycles. The van der Waals surface area contributed by atoms with E-state index in [1.807, 2.05) is 5.32 Å². The predicted molar refractivity (Wildman–Crippen MR) is 193 cm³/mol. The Morgan fingerprint density at radius 2 is 1.07 bits per heavy atom. The van der Waals surface area contributed by atoms with Gasteiger partial charge in [0.2, 0.25) is 41.4 Å². The van der Waals surface area contributed by atoms with Gasteiger partial charge in [0.05, 0.1) is 31.7 Å². The van der Waals surface area contributed by atoms with Crippen LogP contribution in [-0.4, -0.2) is 140 Å². The Morgan fingerprint density at radius 3 is 1.54 bits per heavy atom. The molecule has 0 aromatic heterocycles. The van der Waals surface area contributed by atoms with Gasteiger partial charge < -0.3 is 68.9 Å². The van der Waals surface area contributed by atoms with E-state index in [0.29, 0.717) is 5.56 Å². The Bertz CT molecular complexity index is 1560. The van der Waals surface area contributed by atoms with Crippen molar-refractivity contribution < 1.29 is 68.7 Å². The number of carboxylic acids is 2. The monoisotopic (exact) mass is 796 g/mol. The molecule has 0 fully saturated rings. The van der Waals surface area contributed by atoms with E-state index in [0.717, 1.165) is 13.8 Å². The first kappa shape index (κ1) is 48.3. The summed E-state index contributed by atoms with van der Waals surface area (Å²) in [6.07, 6.45) is -5.00. The minimum atomic E-state index is -1.86. The van der Waals surface area contributed by atoms with Crippen molar-refractivity contribution in [3.05, 3.63) is 35.9 Å². The molecule has 0 aliphatic heterocycles. The van der Waals surface area contributed by atoms with E-state index >= 15 is 0 Å². The molecule has 7 amide bonds. The van der Waals surface area contributed by atoms with Crippen LogP contribution in [0.3, 0.4) is 0 Å². The van der Waals surface area contributed by atoms with Crippen LogP contribution in [0.2, 0.25) is 0 Å². The molecular formula is C34H52N8O14. The molecule has 0 aliphatic carbocycles. The van der Waals surface area contributed by atoms with Crippen molar-refractivity contribution in [2.24, 2.45) is 17.4 Å². The minimum absolute atomic E-state index is 0.226. The third-order valence-electron chi connectivity index (χ3n) is 8.40. The highest BCUT2D eigenvalue weighted by molar-refractivity contribution is 5.99. The smallest absolute Gasteiger partial charge is 0.328 e. The van der Waals surface area contributed by atoms with E-state index in [1.165, 1.54) is 0 Å². The highest BCUT2D eigenvalue weighted by Gasteiger charge is 2.37. The molecule has 22 heteroatoms. The third kappa shape index (κ3) is 15.9. The zero-order valence-corrected chi connectivity index (χ0v) is 31.3. The molecule has 1 aromatic rings. The number of aliphatic carboxylic acids is 2. The summed E-state index contributed by atoms with van der Waals surface area (Å²) in [5, 5.41) is 61.2. The van der Waals surface area contributed by atoms with Gasteiger partial charge >= 0.3 is 11.9 Å². The minimum Gasteiger partial charge on any atom is -0.481 e. The fourth-order valence-corrected chi connectivity index (χ4v) is 5.00. The van der Waals surface area contributed by atoms with Gasteiger partial charge in [0.25, 0.3) is 0 Å². The van der Waals surface area contributed by atoms with E-state index in [2.05, 4.69) is 26.6 Å². The Labute approximate surface area is 321 Å². The van der Waals surface area contributed by atoms with Gasteiger partial charge in [0.15, 0.2) is 6.04 Å². The lowest BCUT2D eigenvalue weighted by atomic mass is 9.96. The fraction of sp³-hybridized carbons (Fsp3) is 0.559. The van der Waals surface area contributed by atoms with Crippen molar-refractivity contribution in [1.82, 2.24) is 31.9 Å². The van der Waals surface area contributed by atoms with Crippen LogP contribution in [0.25, 0.3) is 0 Å². The zero-order valence-electron chi connectivity index (χ0n) is 31.3. The summed E-state index contributed by atoms with van der Waals surface area (Å²) in [5.41, 5.74) is 11.3. The second kappa shape index (κ2) is 23.3. The fourth-order valence-electron chi connectivity index (χ4n) is 5.00. The first-order chi connectivity index (χ1) is 26.1. The van der Waals surface area contributed by atoms with Crippen LogP contribution in [0.15, 0.2) is 30.3 Å². The number of benzene rings is 1. The number of rotatable bonds is 24. The number of nitrogens with two attached hydrogens (primary N) is 2. The van der Waals surface area contributed by atoms with E-state index in [9.17, 15) is 63.6 Å². The second-order valence-corrected chi connectivity index (χ2v) is 13.1. The predicted octanol–water partition coefficient (Wildman–Crippen LogP) is -5.30. The third-order valence-corrected chi connectivity index (χ3v) is 8.40. The second-order valence-electron chi connectivity index (χ2n) is 13.1. The average molecular weight is 797 g/mol. The summed E-state index contributed by atoms with van der Waals surface area (Å²) in [6, 6.07) is -3.57. The van der Waals surface area contributed by atoms with Gasteiger partial charge in [-0.25, -0.2) is 4.79 Å². The summed E-state index contributed by atoms with van der Waals surface area (Å²) < 4.78 is 0. The molecule has 56 heavy (non-hydrogen) atoms. The van der Waals surface area contributed by atoms with Gasteiger partial charge in [-0.2, -0.15) is 0 Å². The number of hydrogen-bond acceptors (Lipinski definition) is 13. The lowest BCUT2D eigenvalue weighted by molar-refractivity contribution is -0.146. The number of primary amides is 1. The van der Waals surface area contributed by atoms with Crippen molar-refractivity contribution in [2.45, 2.75) is 108 Å². The summed E-state index contributed by atoms with van der Waals surface area (Å²) in [7, 11) is 0. The Hall–Kier alpha value is -5.71. The molecule has 0 aliphatic rings. The van der Waals surface area contributed by atoms with E-state index < -0.39 is 133 Å². The van der Waals surface area contributed by atoms with Gasteiger partial charge in [-0.05, 0) is 25.3 Å². The standard InChI is InChI=1S/C34H52N8O14/c1-5-15(2)25(32(53)39-22(13-24(47)48)31(52)42-27(17(4)45)34(55)56)40-30(51)20(11-18-9-7-6-8-10-18)37-29(50)21(12-23(36)46)38-33(54)26(16(3)44)41-28(49)19(35)14-43/h6-10,15-17,19-22,25-27,43-45H,5,11-14,35H2,1-4H3,(H2,36,46)(H,37,50)(H,38,54)(H,39,53)(H,40,51)(H,41,49)(H,42,52)(H,47,48)(H,55,56)/t15-,16+,17+,19-,20-,21-,22-,25-,26-,27-/m0/s1. The Morgan fingerprint density at radius 1 is 0.625 bits per heavy atom. The van der Waals surface area contributed by atoms with E-state index in [-0.39, 0.29) is 12.8 Å². The van der Waals surface area contributed by atoms with Crippen LogP contribution >= 0.6 is 0 Å². The molecule has 15 N–H and O–H groups in total. The van der Waals surface area contributed by atoms with Gasteiger partial charge in [-0.15, -0.1) is 0 Å². The molecular weight excluding hydrogens is 744 g/mol. The number of aliphatic hydroxyl groups is 3. The molecule has 0 unspecified atom stereocenters. The number of carbonyl (C=O) groups is 9. The lowest BCUT2D eigenvalue weighted by Crippen LogP contribution is -2.62. The molecule has 0 saturated carbocycles. The first-order valence-corrected chi connectivity index (χ1v) is 17.4. The zero-order chi connectivity index (χ0) is 42.9. The van der Waals surface area contributed by atoms with Gasteiger partial charge in [0.1, 0.15) is 36.3 Å². The SMILES string of the molecule is CC[C@H](C)[C@H](NC(=O)[C@H](Cc1ccccc1)NC(=O)[C@H](CC(N)=O)NC(=O)[C@@H](NC(=O)[C@@H](N)CO)[C@@H](C)O)C(=O)N[C@@H](CC(=O)O)C(=O)N[C@H](C(=O)O)[C@@H](C)O. The topological polar surface area (TPSA) is 379 Å². The highest BCUT2D eigenvalue weighted by atomic mass is 16.4. The van der Waals surface area contributed by atoms with Crippen LogP contribution in [0.1, 0.15) is 52.5 Å². The summed E-state index contributed by atoms with van der Waals surface area (Å²) >= 11 is 0. The molecule has 22 nitrogen and oxygen atoms in total. The number of amides is 7. The number of carboxylic acid groups (broad SMARTS) is 2. The van der Waals surface area contributed by atoms with Crippen LogP contribution in [0, 0.1) is 5.92 Å². The highest BCUT2D eigenvalue weighted by Crippen LogP contribution is 2.12. The lowest BCUT2D eigenvalue weighted by Gasteiger charge is -2.29. The average Bonchev–Trinajstić information content (AvgIpc) is 3.12. The van der Waals surface area contributed by atoms with Gasteiger partial charge in [0, 0.05) is 6.42 Å². The molecule has 0 heterocycles. The van der Waals surface area contributed by atoms with Crippen molar-refractivity contribution in [2.75, 3.05) is 6.61 Å². The first-order valence-electron chi connectivity index (χ1n) is 17.4. The summed E-state index contributed by atoms with van der Waals surface area (Å²) in [6.45, 7) is 4.58. The van der Waals surface area contributed by atoms with E-state index in [1.54, 1.807) is 44.2 Å². The quantitative estimate of drug-likeness (QED) is 0.0465. The Kier molecular flexibility index (Phi) is 20.1. The number of nitrogens with one attached hydrogen (secondary N) is 6. The molecule has 0 spiro atoms. The maximum atomic E-state index is 13.9. The van der Waals surface area contributed by atoms with Crippen LogP contribution in [0.4, 0.5) is 0 Å². The molecule has 312 valence electrons. The maximum absolute atomic E-state index is 13.9. The van der Waals surface area contributed by atoms with Crippen LogP contribution in [-0.2, 0) is 49.6 Å².